The number of pyridine rings is 1. The number of carbonyl (C=O) groups is 2. The lowest BCUT2D eigenvalue weighted by Crippen LogP contribution is -2.28. The van der Waals surface area contributed by atoms with Gasteiger partial charge in [-0.15, -0.1) is 0 Å². The Morgan fingerprint density at radius 3 is 1.82 bits per heavy atom. The second-order valence-corrected chi connectivity index (χ2v) is 10.7. The zero-order valence-corrected chi connectivity index (χ0v) is 26.6. The Morgan fingerprint density at radius 1 is 0.733 bits per heavy atom. The number of hydrogen-bond donors (Lipinski definition) is 1. The van der Waals surface area contributed by atoms with Crippen molar-refractivity contribution in [2.24, 2.45) is 0 Å². The SMILES string of the molecule is COC(=O)c1c(-c2cc(OC)c(OC)c(OC)c2)c2cc(OC)c(OC)cc2c(=O)n1-c1cccc(NC(=O)OC(C)(C)C)c1. The van der Waals surface area contributed by atoms with E-state index in [0.29, 0.717) is 50.9 Å². The van der Waals surface area contributed by atoms with Crippen LogP contribution in [0.25, 0.3) is 27.6 Å². The van der Waals surface area contributed by atoms with Crippen LogP contribution in [0.1, 0.15) is 31.3 Å². The number of amides is 1. The van der Waals surface area contributed by atoms with Gasteiger partial charge in [0, 0.05) is 16.6 Å². The van der Waals surface area contributed by atoms with E-state index in [4.69, 9.17) is 33.2 Å². The molecule has 0 unspecified atom stereocenters. The second kappa shape index (κ2) is 13.1. The first-order valence-electron chi connectivity index (χ1n) is 13.7. The van der Waals surface area contributed by atoms with Crippen LogP contribution in [-0.4, -0.2) is 64.9 Å². The summed E-state index contributed by atoms with van der Waals surface area (Å²) >= 11 is 0. The zero-order chi connectivity index (χ0) is 33.1. The van der Waals surface area contributed by atoms with Crippen molar-refractivity contribution >= 4 is 28.5 Å². The normalized spacial score (nSPS) is 11.0. The fourth-order valence-electron chi connectivity index (χ4n) is 4.92. The van der Waals surface area contributed by atoms with Gasteiger partial charge in [-0.1, -0.05) is 6.07 Å². The van der Waals surface area contributed by atoms with Gasteiger partial charge in [0.2, 0.25) is 5.75 Å². The number of ether oxygens (including phenoxy) is 7. The molecule has 238 valence electrons. The van der Waals surface area contributed by atoms with Gasteiger partial charge in [0.25, 0.3) is 5.56 Å². The molecule has 0 radical (unpaired) electrons. The molecule has 45 heavy (non-hydrogen) atoms. The summed E-state index contributed by atoms with van der Waals surface area (Å²) in [6, 6.07) is 12.9. The van der Waals surface area contributed by atoms with Crippen LogP contribution in [0.2, 0.25) is 0 Å². The summed E-state index contributed by atoms with van der Waals surface area (Å²) in [5, 5.41) is 3.24. The number of benzene rings is 3. The number of aromatic nitrogens is 1. The van der Waals surface area contributed by atoms with Gasteiger partial charge in [-0.2, -0.15) is 0 Å². The van der Waals surface area contributed by atoms with Gasteiger partial charge < -0.3 is 33.2 Å². The summed E-state index contributed by atoms with van der Waals surface area (Å²) < 4.78 is 39.6. The van der Waals surface area contributed by atoms with Gasteiger partial charge >= 0.3 is 12.1 Å². The number of nitrogens with one attached hydrogen (secondary N) is 1. The van der Waals surface area contributed by atoms with Crippen LogP contribution in [0.5, 0.6) is 28.7 Å². The predicted molar refractivity (Wildman–Crippen MR) is 169 cm³/mol. The van der Waals surface area contributed by atoms with Crippen molar-refractivity contribution in [3.63, 3.8) is 0 Å². The van der Waals surface area contributed by atoms with Crippen molar-refractivity contribution < 1.29 is 42.7 Å². The fourth-order valence-corrected chi connectivity index (χ4v) is 4.92. The van der Waals surface area contributed by atoms with Crippen LogP contribution in [0.15, 0.2) is 53.3 Å². The first-order valence-corrected chi connectivity index (χ1v) is 13.7. The second-order valence-electron chi connectivity index (χ2n) is 10.7. The molecule has 12 heteroatoms. The molecule has 4 aromatic rings. The van der Waals surface area contributed by atoms with E-state index in [2.05, 4.69) is 5.32 Å². The molecule has 0 aliphatic rings. The summed E-state index contributed by atoms with van der Waals surface area (Å²) in [4.78, 5) is 40.6. The molecule has 0 saturated heterocycles. The van der Waals surface area contributed by atoms with Crippen molar-refractivity contribution in [2.45, 2.75) is 26.4 Å². The van der Waals surface area contributed by atoms with E-state index in [1.54, 1.807) is 69.3 Å². The molecule has 0 atom stereocenters. The highest BCUT2D eigenvalue weighted by Gasteiger charge is 2.28. The van der Waals surface area contributed by atoms with Crippen LogP contribution in [0.3, 0.4) is 0 Å². The Hall–Kier alpha value is -5.39. The summed E-state index contributed by atoms with van der Waals surface area (Å²) in [6.45, 7) is 5.23. The zero-order valence-electron chi connectivity index (χ0n) is 26.6. The molecule has 0 bridgehead atoms. The van der Waals surface area contributed by atoms with Crippen molar-refractivity contribution in [3.05, 3.63) is 64.6 Å². The van der Waals surface area contributed by atoms with Gasteiger partial charge in [0.05, 0.1) is 53.7 Å². The van der Waals surface area contributed by atoms with Crippen LogP contribution in [-0.2, 0) is 9.47 Å². The average molecular weight is 621 g/mol. The van der Waals surface area contributed by atoms with E-state index in [9.17, 15) is 14.4 Å². The van der Waals surface area contributed by atoms with Gasteiger partial charge in [0.15, 0.2) is 23.0 Å². The Bertz CT molecular complexity index is 1800. The minimum atomic E-state index is -0.807. The number of anilines is 1. The maximum absolute atomic E-state index is 14.4. The molecule has 4 rings (SSSR count). The van der Waals surface area contributed by atoms with Gasteiger partial charge in [0.1, 0.15) is 11.3 Å². The summed E-state index contributed by atoms with van der Waals surface area (Å²) in [6.07, 6.45) is -0.686. The van der Waals surface area contributed by atoms with Crippen molar-refractivity contribution in [1.82, 2.24) is 4.57 Å². The molecule has 0 aliphatic carbocycles. The highest BCUT2D eigenvalue weighted by atomic mass is 16.6. The topological polar surface area (TPSA) is 133 Å². The largest absolute Gasteiger partial charge is 0.493 e. The highest BCUT2D eigenvalue weighted by Crippen LogP contribution is 2.45. The molecule has 3 aromatic carbocycles. The van der Waals surface area contributed by atoms with Crippen molar-refractivity contribution in [2.75, 3.05) is 48.0 Å². The van der Waals surface area contributed by atoms with Crippen molar-refractivity contribution in [1.29, 1.82) is 0 Å². The fraction of sp³-hybridized carbons (Fsp3) is 0.303. The minimum absolute atomic E-state index is 0.106. The molecular weight excluding hydrogens is 584 g/mol. The number of nitrogens with zero attached hydrogens (tertiary/aromatic N) is 1. The number of methoxy groups -OCH3 is 6. The molecule has 1 N–H and O–H groups in total. The third-order valence-electron chi connectivity index (χ3n) is 6.77. The lowest BCUT2D eigenvalue weighted by molar-refractivity contribution is 0.0589. The lowest BCUT2D eigenvalue weighted by atomic mass is 9.95. The van der Waals surface area contributed by atoms with Crippen LogP contribution >= 0.6 is 0 Å². The van der Waals surface area contributed by atoms with E-state index in [1.165, 1.54) is 47.2 Å². The van der Waals surface area contributed by atoms with E-state index in [1.807, 2.05) is 0 Å². The first kappa shape index (κ1) is 32.5. The molecule has 0 spiro atoms. The van der Waals surface area contributed by atoms with Crippen molar-refractivity contribution in [3.8, 4) is 45.6 Å². The number of carbonyl (C=O) groups excluding carboxylic acids is 2. The third-order valence-corrected chi connectivity index (χ3v) is 6.77. The quantitative estimate of drug-likeness (QED) is 0.228. The predicted octanol–water partition coefficient (Wildman–Crippen LogP) is 5.83. The van der Waals surface area contributed by atoms with Gasteiger partial charge in [-0.05, 0) is 68.8 Å². The number of rotatable bonds is 9. The summed E-state index contributed by atoms with van der Waals surface area (Å²) in [5.74, 6) is 0.792. The van der Waals surface area contributed by atoms with E-state index in [-0.39, 0.29) is 16.8 Å². The Morgan fingerprint density at radius 2 is 1.31 bits per heavy atom. The molecule has 0 aliphatic heterocycles. The molecule has 1 heterocycles. The van der Waals surface area contributed by atoms with E-state index < -0.39 is 23.2 Å². The highest BCUT2D eigenvalue weighted by molar-refractivity contribution is 6.08. The Kier molecular flexibility index (Phi) is 9.46. The average Bonchev–Trinajstić information content (AvgIpc) is 3.01. The molecule has 1 amide bonds. The number of fused-ring (bicyclic) bond motifs is 1. The molecule has 1 aromatic heterocycles. The van der Waals surface area contributed by atoms with Crippen LogP contribution < -0.4 is 34.6 Å². The summed E-state index contributed by atoms with van der Waals surface area (Å²) in [5.41, 5.74) is -0.0562. The van der Waals surface area contributed by atoms with E-state index >= 15 is 0 Å². The maximum Gasteiger partial charge on any atom is 0.412 e. The molecule has 0 fully saturated rings. The summed E-state index contributed by atoms with van der Waals surface area (Å²) in [7, 11) is 8.56. The maximum atomic E-state index is 14.4. The Labute approximate surface area is 260 Å². The minimum Gasteiger partial charge on any atom is -0.493 e. The van der Waals surface area contributed by atoms with Gasteiger partial charge in [-0.3, -0.25) is 14.7 Å². The Balaban J connectivity index is 2.16. The number of hydrogen-bond acceptors (Lipinski definition) is 10. The van der Waals surface area contributed by atoms with Crippen LogP contribution in [0.4, 0.5) is 10.5 Å². The lowest BCUT2D eigenvalue weighted by Gasteiger charge is -2.22. The molecule has 12 nitrogen and oxygen atoms in total. The monoisotopic (exact) mass is 620 g/mol. The first-order chi connectivity index (χ1) is 21.4. The molecule has 0 saturated carbocycles. The number of esters is 1. The van der Waals surface area contributed by atoms with Crippen LogP contribution in [0, 0.1) is 0 Å². The van der Waals surface area contributed by atoms with E-state index in [0.717, 1.165) is 0 Å². The third kappa shape index (κ3) is 6.44. The molecular formula is C33H36N2O10. The standard InChI is InChI=1S/C33H36N2O10/c1-33(2,3)45-32(38)34-19-11-10-12-20(15-19)35-28(31(37)44-9)27(18-13-25(41-6)29(43-8)26(14-18)42-7)21-16-23(39-4)24(40-5)17-22(21)30(35)36/h10-17H,1-9H3,(H,34,38). The van der Waals surface area contributed by atoms with Gasteiger partial charge in [-0.25, -0.2) is 9.59 Å². The smallest absolute Gasteiger partial charge is 0.412 e.